The lowest BCUT2D eigenvalue weighted by atomic mass is 10.2. The van der Waals surface area contributed by atoms with Crippen LogP contribution in [0.15, 0.2) is 34.9 Å². The summed E-state index contributed by atoms with van der Waals surface area (Å²) < 4.78 is 32.0. The van der Waals surface area contributed by atoms with E-state index in [9.17, 15) is 13.2 Å². The second-order valence-corrected chi connectivity index (χ2v) is 8.07. The van der Waals surface area contributed by atoms with Crippen molar-refractivity contribution >= 4 is 33.2 Å². The molecule has 1 heterocycles. The van der Waals surface area contributed by atoms with E-state index >= 15 is 0 Å². The molecule has 1 amide bonds. The van der Waals surface area contributed by atoms with Gasteiger partial charge in [-0.3, -0.25) is 4.79 Å². The standard InChI is InChI=1S/C17H21ClN4O4S/c1-2-5-20-17(23)13(11-19)12-21-16-10-14(3-4-15(16)18)27(24,25)22-6-8-26-9-7-22/h3-4,10,12,21H,2,5-9H2,1H3,(H,20,23)/b13-12-. The molecule has 1 fully saturated rings. The molecule has 2 rings (SSSR count). The van der Waals surface area contributed by atoms with Crippen LogP contribution in [-0.2, 0) is 19.6 Å². The lowest BCUT2D eigenvalue weighted by Crippen LogP contribution is -2.40. The van der Waals surface area contributed by atoms with Crippen LogP contribution in [-0.4, -0.2) is 51.5 Å². The van der Waals surface area contributed by atoms with Crippen molar-refractivity contribution in [1.82, 2.24) is 9.62 Å². The van der Waals surface area contributed by atoms with Crippen molar-refractivity contribution in [2.75, 3.05) is 38.2 Å². The minimum Gasteiger partial charge on any atom is -0.379 e. The highest BCUT2D eigenvalue weighted by Gasteiger charge is 2.26. The molecule has 0 saturated carbocycles. The molecule has 1 aliphatic rings. The predicted molar refractivity (Wildman–Crippen MR) is 102 cm³/mol. The molecule has 0 spiro atoms. The van der Waals surface area contributed by atoms with E-state index in [4.69, 9.17) is 21.6 Å². The molecule has 1 aromatic rings. The molecule has 0 unspecified atom stereocenters. The summed E-state index contributed by atoms with van der Waals surface area (Å²) in [7, 11) is -3.68. The van der Waals surface area contributed by atoms with Crippen molar-refractivity contribution in [3.63, 3.8) is 0 Å². The van der Waals surface area contributed by atoms with Crippen molar-refractivity contribution in [3.05, 3.63) is 35.0 Å². The topological polar surface area (TPSA) is 112 Å². The first kappa shape index (κ1) is 21.2. The number of carbonyl (C=O) groups is 1. The monoisotopic (exact) mass is 412 g/mol. The van der Waals surface area contributed by atoms with Crippen LogP contribution in [0.1, 0.15) is 13.3 Å². The SMILES string of the molecule is CCCNC(=O)/C(C#N)=C\Nc1cc(S(=O)(=O)N2CCOCC2)ccc1Cl. The Morgan fingerprint density at radius 2 is 2.11 bits per heavy atom. The number of ether oxygens (including phenoxy) is 1. The first-order chi connectivity index (χ1) is 12.9. The molecular formula is C17H21ClN4O4S. The zero-order chi connectivity index (χ0) is 19.9. The number of carbonyl (C=O) groups excluding carboxylic acids is 1. The third-order valence-electron chi connectivity index (χ3n) is 3.82. The quantitative estimate of drug-likeness (QED) is 0.520. The third kappa shape index (κ3) is 5.43. The van der Waals surface area contributed by atoms with Crippen LogP contribution in [0.5, 0.6) is 0 Å². The summed E-state index contributed by atoms with van der Waals surface area (Å²) in [6.07, 6.45) is 1.95. The highest BCUT2D eigenvalue weighted by atomic mass is 35.5. The zero-order valence-corrected chi connectivity index (χ0v) is 16.4. The molecule has 2 N–H and O–H groups in total. The zero-order valence-electron chi connectivity index (χ0n) is 14.9. The molecule has 27 heavy (non-hydrogen) atoms. The number of hydrogen-bond acceptors (Lipinski definition) is 6. The number of nitrogens with zero attached hydrogens (tertiary/aromatic N) is 2. The number of nitriles is 1. The van der Waals surface area contributed by atoms with E-state index < -0.39 is 15.9 Å². The molecule has 0 aliphatic carbocycles. The average molecular weight is 413 g/mol. The summed E-state index contributed by atoms with van der Waals surface area (Å²) in [6.45, 7) is 3.60. The molecule has 146 valence electrons. The van der Waals surface area contributed by atoms with Crippen molar-refractivity contribution in [1.29, 1.82) is 5.26 Å². The summed E-state index contributed by atoms with van der Waals surface area (Å²) in [5.74, 6) is -0.514. The van der Waals surface area contributed by atoms with Gasteiger partial charge in [0, 0.05) is 25.8 Å². The van der Waals surface area contributed by atoms with E-state index in [0.29, 0.717) is 19.8 Å². The molecule has 1 aliphatic heterocycles. The van der Waals surface area contributed by atoms with Gasteiger partial charge in [0.05, 0.1) is 28.8 Å². The molecule has 0 aromatic heterocycles. The highest BCUT2D eigenvalue weighted by Crippen LogP contribution is 2.27. The minimum absolute atomic E-state index is 0.0682. The van der Waals surface area contributed by atoms with Gasteiger partial charge in [0.25, 0.3) is 5.91 Å². The van der Waals surface area contributed by atoms with Gasteiger partial charge in [0.2, 0.25) is 10.0 Å². The van der Waals surface area contributed by atoms with Gasteiger partial charge in [-0.2, -0.15) is 9.57 Å². The summed E-state index contributed by atoms with van der Waals surface area (Å²) in [6, 6.07) is 6.05. The van der Waals surface area contributed by atoms with Crippen LogP contribution in [0, 0.1) is 11.3 Å². The van der Waals surface area contributed by atoms with Crippen LogP contribution < -0.4 is 10.6 Å². The van der Waals surface area contributed by atoms with E-state index in [-0.39, 0.29) is 34.3 Å². The number of hydrogen-bond donors (Lipinski definition) is 2. The Hall–Kier alpha value is -2.12. The number of morpholine rings is 1. The lowest BCUT2D eigenvalue weighted by Gasteiger charge is -2.26. The first-order valence-corrected chi connectivity index (χ1v) is 10.2. The molecular weight excluding hydrogens is 392 g/mol. The molecule has 10 heteroatoms. The largest absolute Gasteiger partial charge is 0.379 e. The van der Waals surface area contributed by atoms with Gasteiger partial charge in [0.15, 0.2) is 0 Å². The fraction of sp³-hybridized carbons (Fsp3) is 0.412. The summed E-state index contributed by atoms with van der Waals surface area (Å²) >= 11 is 6.12. The smallest absolute Gasteiger partial charge is 0.263 e. The minimum atomic E-state index is -3.68. The summed E-state index contributed by atoms with van der Waals surface area (Å²) in [5.41, 5.74) is 0.142. The second kappa shape index (κ2) is 9.71. The Morgan fingerprint density at radius 1 is 1.41 bits per heavy atom. The first-order valence-electron chi connectivity index (χ1n) is 8.42. The van der Waals surface area contributed by atoms with Crippen molar-refractivity contribution in [3.8, 4) is 6.07 Å². The number of amides is 1. The van der Waals surface area contributed by atoms with Gasteiger partial charge in [-0.1, -0.05) is 18.5 Å². The van der Waals surface area contributed by atoms with E-state index in [1.807, 2.05) is 6.92 Å². The number of anilines is 1. The Morgan fingerprint density at radius 3 is 2.74 bits per heavy atom. The molecule has 8 nitrogen and oxygen atoms in total. The number of halogens is 1. The van der Waals surface area contributed by atoms with Crippen LogP contribution >= 0.6 is 11.6 Å². The fourth-order valence-corrected chi connectivity index (χ4v) is 3.95. The third-order valence-corrected chi connectivity index (χ3v) is 6.04. The van der Waals surface area contributed by atoms with E-state index in [1.54, 1.807) is 6.07 Å². The normalized spacial score (nSPS) is 15.8. The van der Waals surface area contributed by atoms with E-state index in [0.717, 1.165) is 6.42 Å². The Labute approximate surface area is 163 Å². The maximum Gasteiger partial charge on any atom is 0.263 e. The van der Waals surface area contributed by atoms with Crippen molar-refractivity contribution in [2.24, 2.45) is 0 Å². The number of nitrogens with one attached hydrogen (secondary N) is 2. The maximum absolute atomic E-state index is 12.7. The average Bonchev–Trinajstić information content (AvgIpc) is 2.68. The Kier molecular flexibility index (Phi) is 7.62. The van der Waals surface area contributed by atoms with Crippen molar-refractivity contribution < 1.29 is 17.9 Å². The second-order valence-electron chi connectivity index (χ2n) is 5.73. The van der Waals surface area contributed by atoms with Crippen LogP contribution in [0.3, 0.4) is 0 Å². The van der Waals surface area contributed by atoms with E-state index in [1.165, 1.54) is 28.7 Å². The van der Waals surface area contributed by atoms with Crippen LogP contribution in [0.4, 0.5) is 5.69 Å². The molecule has 1 aromatic carbocycles. The van der Waals surface area contributed by atoms with Gasteiger partial charge in [0.1, 0.15) is 11.6 Å². The van der Waals surface area contributed by atoms with Crippen LogP contribution in [0.25, 0.3) is 0 Å². The summed E-state index contributed by atoms with van der Waals surface area (Å²) in [5, 5.41) is 14.7. The number of benzene rings is 1. The van der Waals surface area contributed by atoms with Crippen LogP contribution in [0.2, 0.25) is 5.02 Å². The van der Waals surface area contributed by atoms with Crippen molar-refractivity contribution in [2.45, 2.75) is 18.2 Å². The molecule has 0 bridgehead atoms. The van der Waals surface area contributed by atoms with Gasteiger partial charge >= 0.3 is 0 Å². The Bertz CT molecular complexity index is 858. The van der Waals surface area contributed by atoms with E-state index in [2.05, 4.69) is 10.6 Å². The maximum atomic E-state index is 12.7. The van der Waals surface area contributed by atoms with Gasteiger partial charge in [-0.15, -0.1) is 0 Å². The fourth-order valence-electron chi connectivity index (χ4n) is 2.34. The Balaban J connectivity index is 2.23. The molecule has 0 atom stereocenters. The van der Waals surface area contributed by atoms with Gasteiger partial charge < -0.3 is 15.4 Å². The molecule has 0 radical (unpaired) electrons. The summed E-state index contributed by atoms with van der Waals surface area (Å²) in [4.78, 5) is 12.0. The number of sulfonamides is 1. The van der Waals surface area contributed by atoms with Gasteiger partial charge in [-0.25, -0.2) is 8.42 Å². The number of rotatable bonds is 7. The highest BCUT2D eigenvalue weighted by molar-refractivity contribution is 7.89. The molecule has 1 saturated heterocycles. The lowest BCUT2D eigenvalue weighted by molar-refractivity contribution is -0.117. The van der Waals surface area contributed by atoms with Gasteiger partial charge in [-0.05, 0) is 24.6 Å². The predicted octanol–water partition coefficient (Wildman–Crippen LogP) is 1.71.